The zero-order valence-electron chi connectivity index (χ0n) is 25.3. The minimum Gasteiger partial charge on any atom is -0.508 e. The Balaban J connectivity index is 0.000000780. The number of phenolic OH excluding ortho intramolecular Hbond substituents is 4. The quantitative estimate of drug-likeness (QED) is 0.0493. The van der Waals surface area contributed by atoms with Gasteiger partial charge in [0.2, 0.25) is 23.0 Å². The van der Waals surface area contributed by atoms with Crippen molar-refractivity contribution in [2.75, 3.05) is 13.1 Å². The third-order valence-electron chi connectivity index (χ3n) is 6.43. The maximum Gasteiger partial charge on any atom is 0.330 e. The van der Waals surface area contributed by atoms with Crippen LogP contribution >= 0.6 is 0 Å². The van der Waals surface area contributed by atoms with E-state index in [9.17, 15) is 44.7 Å². The van der Waals surface area contributed by atoms with E-state index in [2.05, 4.69) is 20.6 Å². The molecule has 2 amide bonds. The Morgan fingerprint density at radius 2 is 1.69 bits per heavy atom. The monoisotopic (exact) mass is 658 g/mol. The lowest BCUT2D eigenvalue weighted by Crippen LogP contribution is -2.34. The Labute approximate surface area is 271 Å². The molecule has 8 N–H and O–H groups in total. The summed E-state index contributed by atoms with van der Waals surface area (Å²) >= 11 is 0. The molecular formula is C33H30N4O11. The molecule has 0 bridgehead atoms. The number of rotatable bonds is 9. The van der Waals surface area contributed by atoms with Gasteiger partial charge < -0.3 is 50.3 Å². The molecule has 0 aliphatic rings. The fourth-order valence-corrected chi connectivity index (χ4v) is 4.05. The highest BCUT2D eigenvalue weighted by atomic mass is 16.5. The van der Waals surface area contributed by atoms with Crippen LogP contribution in [0, 0.1) is 6.92 Å². The SMILES string of the molecule is Cc1cnc[nH]1.O=C(/C=C/c1ccc(O)cc1)NCCC(=O)NCC(=O)Oc1cc(O)c2c(=O)c(O)c(-c3ccc(O)c(O)c3)oc2c1. The van der Waals surface area contributed by atoms with Crippen molar-refractivity contribution >= 4 is 34.8 Å². The van der Waals surface area contributed by atoms with Gasteiger partial charge in [-0.3, -0.25) is 14.4 Å². The van der Waals surface area contributed by atoms with E-state index >= 15 is 0 Å². The number of carbonyl (C=O) groups is 3. The predicted octanol–water partition coefficient (Wildman–Crippen LogP) is 2.95. The summed E-state index contributed by atoms with van der Waals surface area (Å²) in [5, 5.41) is 53.6. The van der Waals surface area contributed by atoms with Gasteiger partial charge in [0, 0.05) is 48.6 Å². The van der Waals surface area contributed by atoms with E-state index in [0.29, 0.717) is 5.56 Å². The van der Waals surface area contributed by atoms with E-state index < -0.39 is 58.1 Å². The van der Waals surface area contributed by atoms with E-state index in [1.165, 1.54) is 30.4 Å². The molecule has 15 heteroatoms. The molecule has 15 nitrogen and oxygen atoms in total. The minimum atomic E-state index is -0.996. The van der Waals surface area contributed by atoms with Crippen LogP contribution < -0.4 is 20.8 Å². The number of aryl methyl sites for hydroxylation is 1. The number of aromatic hydroxyl groups is 5. The van der Waals surface area contributed by atoms with Crippen molar-refractivity contribution in [2.24, 2.45) is 0 Å². The van der Waals surface area contributed by atoms with E-state index in [1.54, 1.807) is 24.7 Å². The lowest BCUT2D eigenvalue weighted by molar-refractivity contribution is -0.135. The van der Waals surface area contributed by atoms with Crippen LogP contribution in [0.1, 0.15) is 17.7 Å². The van der Waals surface area contributed by atoms with E-state index in [1.807, 2.05) is 6.92 Å². The molecule has 0 aliphatic heterocycles. The van der Waals surface area contributed by atoms with Gasteiger partial charge in [-0.1, -0.05) is 12.1 Å². The van der Waals surface area contributed by atoms with E-state index in [-0.39, 0.29) is 41.4 Å². The van der Waals surface area contributed by atoms with Crippen LogP contribution in [-0.2, 0) is 14.4 Å². The molecule has 2 aromatic heterocycles. The highest BCUT2D eigenvalue weighted by Crippen LogP contribution is 2.37. The normalized spacial score (nSPS) is 10.7. The van der Waals surface area contributed by atoms with Crippen LogP contribution in [0.25, 0.3) is 28.4 Å². The molecule has 0 saturated heterocycles. The van der Waals surface area contributed by atoms with Crippen LogP contribution in [0.15, 0.2) is 82.4 Å². The first-order valence-electron chi connectivity index (χ1n) is 14.1. The smallest absolute Gasteiger partial charge is 0.330 e. The number of carbonyl (C=O) groups excluding carboxylic acids is 3. The van der Waals surface area contributed by atoms with Gasteiger partial charge in [0.05, 0.1) is 6.33 Å². The largest absolute Gasteiger partial charge is 0.508 e. The number of hydrogen-bond acceptors (Lipinski definition) is 12. The van der Waals surface area contributed by atoms with Gasteiger partial charge in [-0.25, -0.2) is 9.78 Å². The topological polar surface area (TPSA) is 245 Å². The molecule has 0 atom stereocenters. The zero-order chi connectivity index (χ0) is 34.8. The van der Waals surface area contributed by atoms with Crippen molar-refractivity contribution < 1.29 is 49.1 Å². The van der Waals surface area contributed by atoms with Gasteiger partial charge in [0.25, 0.3) is 0 Å². The number of nitrogens with zero attached hydrogens (tertiary/aromatic N) is 1. The summed E-state index contributed by atoms with van der Waals surface area (Å²) in [7, 11) is 0. The number of phenols is 4. The summed E-state index contributed by atoms with van der Waals surface area (Å²) in [6.07, 6.45) is 6.10. The van der Waals surface area contributed by atoms with Gasteiger partial charge >= 0.3 is 5.97 Å². The van der Waals surface area contributed by atoms with Gasteiger partial charge in [-0.2, -0.15) is 0 Å². The molecule has 2 heterocycles. The second kappa shape index (κ2) is 15.5. The summed E-state index contributed by atoms with van der Waals surface area (Å²) < 4.78 is 10.7. The van der Waals surface area contributed by atoms with Crippen LogP contribution in [0.3, 0.4) is 0 Å². The molecule has 0 aliphatic carbocycles. The van der Waals surface area contributed by atoms with Crippen LogP contribution in [0.2, 0.25) is 0 Å². The lowest BCUT2D eigenvalue weighted by Gasteiger charge is -2.10. The number of benzene rings is 3. The standard InChI is InChI=1S/C29H24N2O11.C4H6N2/c32-17-5-1-15(2-6-17)3-8-23(36)30-10-9-24(37)31-14-25(38)41-18-12-21(35)26-22(13-18)42-29(28(40)27(26)39)16-4-7-19(33)20(34)11-16;1-4-2-5-3-6-4/h1-8,11-13,32-35,40H,9-10,14H2,(H,30,36)(H,31,37);2-3H,1H3,(H,5,6)/b8-3+;. The molecular weight excluding hydrogens is 628 g/mol. The second-order valence-corrected chi connectivity index (χ2v) is 10.1. The van der Waals surface area contributed by atoms with Gasteiger partial charge in [-0.05, 0) is 48.9 Å². The Hall–Kier alpha value is -6.77. The average Bonchev–Trinajstić information content (AvgIpc) is 3.53. The van der Waals surface area contributed by atoms with Gasteiger partial charge in [0.15, 0.2) is 17.3 Å². The first kappa shape index (κ1) is 34.1. The predicted molar refractivity (Wildman–Crippen MR) is 171 cm³/mol. The fourth-order valence-electron chi connectivity index (χ4n) is 4.05. The molecule has 0 spiro atoms. The summed E-state index contributed by atoms with van der Waals surface area (Å²) in [6, 6.07) is 11.7. The van der Waals surface area contributed by atoms with E-state index in [4.69, 9.17) is 9.15 Å². The summed E-state index contributed by atoms with van der Waals surface area (Å²) in [6.45, 7) is 1.40. The fraction of sp³-hybridized carbons (Fsp3) is 0.121. The van der Waals surface area contributed by atoms with Gasteiger partial charge in [0.1, 0.15) is 34.8 Å². The van der Waals surface area contributed by atoms with Crippen molar-refractivity contribution in [1.82, 2.24) is 20.6 Å². The molecule has 0 unspecified atom stereocenters. The number of ether oxygens (including phenoxy) is 1. The van der Waals surface area contributed by atoms with Crippen LogP contribution in [0.5, 0.6) is 34.5 Å². The Morgan fingerprint density at radius 3 is 2.33 bits per heavy atom. The Bertz CT molecular complexity index is 2020. The number of nitrogens with one attached hydrogen (secondary N) is 3. The van der Waals surface area contributed by atoms with Crippen LogP contribution in [-0.4, -0.2) is 66.4 Å². The van der Waals surface area contributed by atoms with Gasteiger partial charge in [-0.15, -0.1) is 0 Å². The number of amides is 2. The number of aromatic nitrogens is 2. The lowest BCUT2D eigenvalue weighted by atomic mass is 10.1. The molecule has 0 saturated carbocycles. The van der Waals surface area contributed by atoms with Crippen molar-refractivity contribution in [2.45, 2.75) is 13.3 Å². The van der Waals surface area contributed by atoms with Crippen molar-refractivity contribution in [3.05, 3.63) is 94.7 Å². The molecule has 3 aromatic carbocycles. The molecule has 48 heavy (non-hydrogen) atoms. The first-order chi connectivity index (χ1) is 22.9. The average molecular weight is 659 g/mol. The number of imidazole rings is 1. The van der Waals surface area contributed by atoms with Crippen molar-refractivity contribution in [3.8, 4) is 45.8 Å². The summed E-state index contributed by atoms with van der Waals surface area (Å²) in [4.78, 5) is 55.5. The first-order valence-corrected chi connectivity index (χ1v) is 14.1. The minimum absolute atomic E-state index is 0.00873. The zero-order valence-corrected chi connectivity index (χ0v) is 25.3. The molecule has 5 rings (SSSR count). The second-order valence-electron chi connectivity index (χ2n) is 10.1. The molecule has 0 fully saturated rings. The summed E-state index contributed by atoms with van der Waals surface area (Å²) in [5.74, 6) is -4.93. The van der Waals surface area contributed by atoms with Crippen molar-refractivity contribution in [1.29, 1.82) is 0 Å². The third-order valence-corrected chi connectivity index (χ3v) is 6.43. The highest BCUT2D eigenvalue weighted by Gasteiger charge is 2.20. The number of esters is 1. The number of fused-ring (bicyclic) bond motifs is 1. The summed E-state index contributed by atoms with van der Waals surface area (Å²) in [5.41, 5.74) is 0.579. The maximum absolute atomic E-state index is 12.7. The third kappa shape index (κ3) is 9.13. The van der Waals surface area contributed by atoms with E-state index in [0.717, 1.165) is 30.0 Å². The molecule has 0 radical (unpaired) electrons. The molecule has 248 valence electrons. The highest BCUT2D eigenvalue weighted by molar-refractivity contribution is 5.92. The number of H-pyrrole nitrogens is 1. The maximum atomic E-state index is 12.7. The Morgan fingerprint density at radius 1 is 0.938 bits per heavy atom. The molecule has 5 aromatic rings. The van der Waals surface area contributed by atoms with Crippen LogP contribution in [0.4, 0.5) is 0 Å². The number of hydrogen-bond donors (Lipinski definition) is 8. The number of aromatic amines is 1. The van der Waals surface area contributed by atoms with Crippen molar-refractivity contribution in [3.63, 3.8) is 0 Å². The Kier molecular flexibility index (Phi) is 11.0.